The van der Waals surface area contributed by atoms with Crippen LogP contribution in [0.1, 0.15) is 0 Å². The van der Waals surface area contributed by atoms with Crippen LogP contribution < -0.4 is 14.2 Å². The van der Waals surface area contributed by atoms with Crippen molar-refractivity contribution in [3.63, 3.8) is 0 Å². The van der Waals surface area contributed by atoms with Gasteiger partial charge in [-0.3, -0.25) is 4.72 Å². The minimum Gasteiger partial charge on any atom is -0.454 e. The molecule has 0 unspecified atom stereocenters. The molecule has 0 saturated carbocycles. The number of rotatable bonds is 3. The van der Waals surface area contributed by atoms with Crippen molar-refractivity contribution in [3.05, 3.63) is 48.3 Å². The Morgan fingerprint density at radius 2 is 1.80 bits per heavy atom. The number of halogens is 1. The van der Waals surface area contributed by atoms with E-state index in [-0.39, 0.29) is 12.5 Å². The van der Waals surface area contributed by atoms with Crippen LogP contribution in [0, 0.1) is 5.82 Å². The summed E-state index contributed by atoms with van der Waals surface area (Å²) in [5, 5.41) is 0. The third kappa shape index (κ3) is 2.27. The first-order chi connectivity index (χ1) is 9.56. The van der Waals surface area contributed by atoms with E-state index in [2.05, 4.69) is 4.72 Å². The van der Waals surface area contributed by atoms with E-state index >= 15 is 0 Å². The Kier molecular flexibility index (Phi) is 2.98. The van der Waals surface area contributed by atoms with E-state index in [0.29, 0.717) is 11.5 Å². The quantitative estimate of drug-likeness (QED) is 0.944. The average molecular weight is 295 g/mol. The highest BCUT2D eigenvalue weighted by Gasteiger charge is 2.20. The van der Waals surface area contributed by atoms with Gasteiger partial charge in [-0.05, 0) is 24.3 Å². The van der Waals surface area contributed by atoms with E-state index in [0.717, 1.165) is 6.07 Å². The lowest BCUT2D eigenvalue weighted by Crippen LogP contribution is -2.14. The number of benzene rings is 2. The number of hydrogen-bond acceptors (Lipinski definition) is 4. The fraction of sp³-hybridized carbons (Fsp3) is 0.0769. The molecule has 1 heterocycles. The zero-order valence-corrected chi connectivity index (χ0v) is 11.0. The van der Waals surface area contributed by atoms with Gasteiger partial charge in [0, 0.05) is 6.07 Å². The van der Waals surface area contributed by atoms with E-state index in [9.17, 15) is 12.8 Å². The SMILES string of the molecule is O=S(=O)(Nc1ccc2c(c1)OCO2)c1ccccc1F. The second-order valence-corrected chi connectivity index (χ2v) is 5.75. The minimum atomic E-state index is -3.98. The van der Waals surface area contributed by atoms with Gasteiger partial charge in [0.25, 0.3) is 10.0 Å². The van der Waals surface area contributed by atoms with Crippen LogP contribution in [0.5, 0.6) is 11.5 Å². The number of hydrogen-bond donors (Lipinski definition) is 1. The lowest BCUT2D eigenvalue weighted by atomic mass is 10.3. The summed E-state index contributed by atoms with van der Waals surface area (Å²) in [4.78, 5) is -0.405. The Hall–Kier alpha value is -2.28. The molecule has 0 radical (unpaired) electrons. The van der Waals surface area contributed by atoms with Crippen molar-refractivity contribution < 1.29 is 22.3 Å². The molecule has 3 rings (SSSR count). The molecule has 0 bridgehead atoms. The Labute approximate surface area is 115 Å². The highest BCUT2D eigenvalue weighted by Crippen LogP contribution is 2.34. The molecular formula is C13H10FNO4S. The van der Waals surface area contributed by atoms with Gasteiger partial charge in [0.05, 0.1) is 5.69 Å². The van der Waals surface area contributed by atoms with Crippen LogP contribution in [0.3, 0.4) is 0 Å². The Balaban J connectivity index is 1.93. The first kappa shape index (κ1) is 12.7. The lowest BCUT2D eigenvalue weighted by Gasteiger charge is -2.09. The van der Waals surface area contributed by atoms with Crippen LogP contribution in [0.15, 0.2) is 47.4 Å². The average Bonchev–Trinajstić information content (AvgIpc) is 2.86. The maximum Gasteiger partial charge on any atom is 0.264 e. The molecule has 0 aromatic heterocycles. The minimum absolute atomic E-state index is 0.0961. The molecule has 0 fully saturated rings. The number of sulfonamides is 1. The number of fused-ring (bicyclic) bond motifs is 1. The third-order valence-electron chi connectivity index (χ3n) is 2.75. The third-order valence-corrected chi connectivity index (χ3v) is 4.17. The van der Waals surface area contributed by atoms with Crippen molar-refractivity contribution in [2.24, 2.45) is 0 Å². The molecule has 0 atom stereocenters. The largest absolute Gasteiger partial charge is 0.454 e. The first-order valence-electron chi connectivity index (χ1n) is 5.73. The van der Waals surface area contributed by atoms with Crippen molar-refractivity contribution in [2.45, 2.75) is 4.90 Å². The van der Waals surface area contributed by atoms with Crippen molar-refractivity contribution >= 4 is 15.7 Å². The summed E-state index contributed by atoms with van der Waals surface area (Å²) in [5.41, 5.74) is 0.275. The molecule has 7 heteroatoms. The van der Waals surface area contributed by atoms with E-state index in [1.807, 2.05) is 0 Å². The topological polar surface area (TPSA) is 64.6 Å². The summed E-state index contributed by atoms with van der Waals surface area (Å²) >= 11 is 0. The van der Waals surface area contributed by atoms with E-state index in [1.54, 1.807) is 6.07 Å². The smallest absolute Gasteiger partial charge is 0.264 e. The van der Waals surface area contributed by atoms with Crippen LogP contribution in [0.4, 0.5) is 10.1 Å². The van der Waals surface area contributed by atoms with Gasteiger partial charge in [-0.2, -0.15) is 0 Å². The van der Waals surface area contributed by atoms with Crippen LogP contribution in [-0.2, 0) is 10.0 Å². The second kappa shape index (κ2) is 4.68. The summed E-state index contributed by atoms with van der Waals surface area (Å²) < 4.78 is 50.3. The first-order valence-corrected chi connectivity index (χ1v) is 7.21. The molecule has 0 aliphatic carbocycles. The molecule has 1 aliphatic rings. The monoisotopic (exact) mass is 295 g/mol. The van der Waals surface area contributed by atoms with E-state index < -0.39 is 20.7 Å². The molecule has 2 aromatic rings. The standard InChI is InChI=1S/C13H10FNO4S/c14-10-3-1-2-4-13(10)20(16,17)15-9-5-6-11-12(7-9)19-8-18-11/h1-7,15H,8H2. The second-order valence-electron chi connectivity index (χ2n) is 4.10. The predicted molar refractivity (Wildman–Crippen MR) is 69.8 cm³/mol. The summed E-state index contributed by atoms with van der Waals surface area (Å²) in [5.74, 6) is 0.179. The summed E-state index contributed by atoms with van der Waals surface area (Å²) in [6.45, 7) is 0.0961. The van der Waals surface area contributed by atoms with Crippen molar-refractivity contribution in [1.82, 2.24) is 0 Å². The summed E-state index contributed by atoms with van der Waals surface area (Å²) in [6, 6.07) is 9.76. The van der Waals surface area contributed by atoms with E-state index in [1.165, 1.54) is 30.3 Å². The van der Waals surface area contributed by atoms with Crippen molar-refractivity contribution in [1.29, 1.82) is 0 Å². The van der Waals surface area contributed by atoms with Gasteiger partial charge in [-0.25, -0.2) is 12.8 Å². The molecule has 104 valence electrons. The van der Waals surface area contributed by atoms with E-state index in [4.69, 9.17) is 9.47 Å². The summed E-state index contributed by atoms with van der Waals surface area (Å²) in [7, 11) is -3.98. The summed E-state index contributed by atoms with van der Waals surface area (Å²) in [6.07, 6.45) is 0. The molecule has 1 N–H and O–H groups in total. The Bertz CT molecular complexity index is 761. The fourth-order valence-electron chi connectivity index (χ4n) is 1.83. The molecule has 5 nitrogen and oxygen atoms in total. The zero-order valence-electron chi connectivity index (χ0n) is 10.2. The normalized spacial score (nSPS) is 13.2. The van der Waals surface area contributed by atoms with Crippen LogP contribution >= 0.6 is 0 Å². The number of ether oxygens (including phenoxy) is 2. The molecule has 0 spiro atoms. The van der Waals surface area contributed by atoms with Gasteiger partial charge in [-0.15, -0.1) is 0 Å². The highest BCUT2D eigenvalue weighted by atomic mass is 32.2. The molecule has 20 heavy (non-hydrogen) atoms. The van der Waals surface area contributed by atoms with Crippen LogP contribution in [0.2, 0.25) is 0 Å². The fourth-order valence-corrected chi connectivity index (χ4v) is 2.96. The van der Waals surface area contributed by atoms with Gasteiger partial charge in [0.1, 0.15) is 10.7 Å². The molecule has 2 aromatic carbocycles. The predicted octanol–water partition coefficient (Wildman–Crippen LogP) is 2.36. The van der Waals surface area contributed by atoms with Gasteiger partial charge in [0.2, 0.25) is 6.79 Å². The van der Waals surface area contributed by atoms with Gasteiger partial charge in [-0.1, -0.05) is 12.1 Å². The van der Waals surface area contributed by atoms with Gasteiger partial charge >= 0.3 is 0 Å². The molecular weight excluding hydrogens is 285 g/mol. The maximum atomic E-state index is 13.5. The van der Waals surface area contributed by atoms with Crippen LogP contribution in [0.25, 0.3) is 0 Å². The molecule has 0 amide bonds. The van der Waals surface area contributed by atoms with Gasteiger partial charge < -0.3 is 9.47 Å². The van der Waals surface area contributed by atoms with Crippen molar-refractivity contribution in [3.8, 4) is 11.5 Å². The Morgan fingerprint density at radius 3 is 2.60 bits per heavy atom. The Morgan fingerprint density at radius 1 is 1.05 bits per heavy atom. The number of nitrogens with one attached hydrogen (secondary N) is 1. The lowest BCUT2D eigenvalue weighted by molar-refractivity contribution is 0.174. The van der Waals surface area contributed by atoms with Crippen LogP contribution in [-0.4, -0.2) is 15.2 Å². The number of anilines is 1. The molecule has 0 saturated heterocycles. The van der Waals surface area contributed by atoms with Gasteiger partial charge in [0.15, 0.2) is 11.5 Å². The maximum absolute atomic E-state index is 13.5. The molecule has 1 aliphatic heterocycles. The zero-order chi connectivity index (χ0) is 14.2. The van der Waals surface area contributed by atoms with Crippen molar-refractivity contribution in [2.75, 3.05) is 11.5 Å². The highest BCUT2D eigenvalue weighted by molar-refractivity contribution is 7.92.